The van der Waals surface area contributed by atoms with Gasteiger partial charge in [0.05, 0.1) is 0 Å². The summed E-state index contributed by atoms with van der Waals surface area (Å²) in [5.74, 6) is 0. The average Bonchev–Trinajstić information content (AvgIpc) is 2.83. The Morgan fingerprint density at radius 1 is 1.24 bits per heavy atom. The molecular weight excluding hydrogens is 280 g/mol. The SMILES string of the molecule is Cc1cc(Sc2nc3ccccc3o2)ccc1CC(C)N. The highest BCUT2D eigenvalue weighted by molar-refractivity contribution is 7.99. The third-order valence-corrected chi connectivity index (χ3v) is 4.17. The Morgan fingerprint density at radius 2 is 2.05 bits per heavy atom. The maximum absolute atomic E-state index is 5.87. The van der Waals surface area contributed by atoms with Crippen LogP contribution in [0.15, 0.2) is 57.0 Å². The van der Waals surface area contributed by atoms with E-state index in [1.807, 2.05) is 31.2 Å². The molecule has 0 aliphatic rings. The molecule has 0 aliphatic carbocycles. The number of para-hydroxylation sites is 2. The van der Waals surface area contributed by atoms with Crippen molar-refractivity contribution in [3.05, 3.63) is 53.6 Å². The quantitative estimate of drug-likeness (QED) is 0.785. The van der Waals surface area contributed by atoms with Crippen LogP contribution in [0.3, 0.4) is 0 Å². The second-order valence-electron chi connectivity index (χ2n) is 5.32. The molecule has 0 saturated heterocycles. The second kappa shape index (κ2) is 5.92. The van der Waals surface area contributed by atoms with E-state index in [1.165, 1.54) is 11.1 Å². The summed E-state index contributed by atoms with van der Waals surface area (Å²) < 4.78 is 5.74. The lowest BCUT2D eigenvalue weighted by molar-refractivity contribution is 0.489. The maximum Gasteiger partial charge on any atom is 0.261 e. The number of nitrogens with two attached hydrogens (primary N) is 1. The van der Waals surface area contributed by atoms with Gasteiger partial charge in [0.25, 0.3) is 5.22 Å². The van der Waals surface area contributed by atoms with Gasteiger partial charge < -0.3 is 10.2 Å². The minimum atomic E-state index is 0.180. The molecule has 4 heteroatoms. The van der Waals surface area contributed by atoms with Crippen molar-refractivity contribution in [3.8, 4) is 0 Å². The van der Waals surface area contributed by atoms with Gasteiger partial charge in [-0.05, 0) is 67.4 Å². The highest BCUT2D eigenvalue weighted by Gasteiger charge is 2.09. The Kier molecular flexibility index (Phi) is 3.99. The van der Waals surface area contributed by atoms with Crippen LogP contribution in [0.2, 0.25) is 0 Å². The normalized spacial score (nSPS) is 12.7. The minimum absolute atomic E-state index is 0.180. The van der Waals surface area contributed by atoms with E-state index in [0.717, 1.165) is 22.4 Å². The summed E-state index contributed by atoms with van der Waals surface area (Å²) in [6, 6.07) is 14.4. The van der Waals surface area contributed by atoms with Crippen molar-refractivity contribution in [3.63, 3.8) is 0 Å². The maximum atomic E-state index is 5.87. The first-order chi connectivity index (χ1) is 10.1. The van der Waals surface area contributed by atoms with Crippen LogP contribution in [0, 0.1) is 6.92 Å². The third kappa shape index (κ3) is 3.28. The predicted molar refractivity (Wildman–Crippen MR) is 86.7 cm³/mol. The van der Waals surface area contributed by atoms with Crippen LogP contribution in [0.25, 0.3) is 11.1 Å². The van der Waals surface area contributed by atoms with Crippen LogP contribution >= 0.6 is 11.8 Å². The molecule has 1 aromatic heterocycles. The van der Waals surface area contributed by atoms with Gasteiger partial charge in [-0.3, -0.25) is 0 Å². The number of aromatic nitrogens is 1. The number of hydrogen-bond acceptors (Lipinski definition) is 4. The summed E-state index contributed by atoms with van der Waals surface area (Å²) in [5, 5.41) is 0.676. The van der Waals surface area contributed by atoms with E-state index in [-0.39, 0.29) is 6.04 Å². The van der Waals surface area contributed by atoms with Gasteiger partial charge in [-0.2, -0.15) is 0 Å². The fourth-order valence-corrected chi connectivity index (χ4v) is 3.15. The first-order valence-corrected chi connectivity index (χ1v) is 7.82. The number of aryl methyl sites for hydroxylation is 1. The lowest BCUT2D eigenvalue weighted by Crippen LogP contribution is -2.18. The van der Waals surface area contributed by atoms with E-state index in [1.54, 1.807) is 11.8 Å². The fraction of sp³-hybridized carbons (Fsp3) is 0.235. The molecule has 1 heterocycles. The number of fused-ring (bicyclic) bond motifs is 1. The molecule has 3 nitrogen and oxygen atoms in total. The lowest BCUT2D eigenvalue weighted by atomic mass is 10.0. The Hall–Kier alpha value is -1.78. The van der Waals surface area contributed by atoms with E-state index >= 15 is 0 Å². The fourth-order valence-electron chi connectivity index (χ4n) is 2.30. The first kappa shape index (κ1) is 14.2. The zero-order valence-corrected chi connectivity index (χ0v) is 13.0. The number of oxazole rings is 1. The summed E-state index contributed by atoms with van der Waals surface area (Å²) in [6.45, 7) is 4.15. The zero-order valence-electron chi connectivity index (χ0n) is 12.2. The largest absolute Gasteiger partial charge is 0.431 e. The minimum Gasteiger partial charge on any atom is -0.431 e. The Labute approximate surface area is 128 Å². The van der Waals surface area contributed by atoms with E-state index in [0.29, 0.717) is 5.22 Å². The molecular formula is C17H18N2OS. The van der Waals surface area contributed by atoms with Crippen LogP contribution in [0.5, 0.6) is 0 Å². The highest BCUT2D eigenvalue weighted by atomic mass is 32.2. The topological polar surface area (TPSA) is 52.0 Å². The Balaban J connectivity index is 1.82. The first-order valence-electron chi connectivity index (χ1n) is 7.00. The Bertz CT molecular complexity index is 731. The predicted octanol–water partition coefficient (Wildman–Crippen LogP) is 4.18. The van der Waals surface area contributed by atoms with E-state index in [2.05, 4.69) is 30.1 Å². The van der Waals surface area contributed by atoms with Gasteiger partial charge in [-0.25, -0.2) is 4.98 Å². The van der Waals surface area contributed by atoms with Crippen molar-refractivity contribution in [1.29, 1.82) is 0 Å². The van der Waals surface area contributed by atoms with Crippen molar-refractivity contribution in [1.82, 2.24) is 4.98 Å². The summed E-state index contributed by atoms with van der Waals surface area (Å²) in [7, 11) is 0. The van der Waals surface area contributed by atoms with Crippen LogP contribution in [0.4, 0.5) is 0 Å². The molecule has 3 rings (SSSR count). The van der Waals surface area contributed by atoms with Gasteiger partial charge in [0.2, 0.25) is 0 Å². The van der Waals surface area contributed by atoms with Crippen LogP contribution in [0.1, 0.15) is 18.1 Å². The number of benzene rings is 2. The van der Waals surface area contributed by atoms with Gasteiger partial charge >= 0.3 is 0 Å². The number of rotatable bonds is 4. The van der Waals surface area contributed by atoms with Crippen molar-refractivity contribution < 1.29 is 4.42 Å². The van der Waals surface area contributed by atoms with Gasteiger partial charge in [-0.1, -0.05) is 18.2 Å². The molecule has 0 fully saturated rings. The molecule has 2 N–H and O–H groups in total. The van der Waals surface area contributed by atoms with Crippen molar-refractivity contribution in [2.45, 2.75) is 36.4 Å². The summed E-state index contributed by atoms with van der Waals surface area (Å²) in [5.41, 5.74) is 10.1. The molecule has 0 aliphatic heterocycles. The second-order valence-corrected chi connectivity index (χ2v) is 6.34. The molecule has 1 unspecified atom stereocenters. The molecule has 2 aromatic carbocycles. The molecule has 0 spiro atoms. The Morgan fingerprint density at radius 3 is 2.76 bits per heavy atom. The molecule has 0 amide bonds. The molecule has 0 radical (unpaired) electrons. The number of hydrogen-bond donors (Lipinski definition) is 1. The molecule has 21 heavy (non-hydrogen) atoms. The molecule has 1 atom stereocenters. The highest BCUT2D eigenvalue weighted by Crippen LogP contribution is 2.31. The number of nitrogens with zero attached hydrogens (tertiary/aromatic N) is 1. The standard InChI is InChI=1S/C17H18N2OS/c1-11-9-14(8-7-13(11)10-12(2)18)21-17-19-15-5-3-4-6-16(15)20-17/h3-9,12H,10,18H2,1-2H3. The molecule has 0 saturated carbocycles. The summed E-state index contributed by atoms with van der Waals surface area (Å²) in [6.07, 6.45) is 0.902. The van der Waals surface area contributed by atoms with Crippen molar-refractivity contribution >= 4 is 22.9 Å². The average molecular weight is 298 g/mol. The molecule has 0 bridgehead atoms. The van der Waals surface area contributed by atoms with Crippen LogP contribution in [-0.4, -0.2) is 11.0 Å². The van der Waals surface area contributed by atoms with Crippen LogP contribution in [-0.2, 0) is 6.42 Å². The van der Waals surface area contributed by atoms with Gasteiger partial charge in [0, 0.05) is 10.9 Å². The van der Waals surface area contributed by atoms with Crippen molar-refractivity contribution in [2.75, 3.05) is 0 Å². The monoisotopic (exact) mass is 298 g/mol. The van der Waals surface area contributed by atoms with Gasteiger partial charge in [-0.15, -0.1) is 0 Å². The summed E-state index contributed by atoms with van der Waals surface area (Å²) >= 11 is 1.55. The summed E-state index contributed by atoms with van der Waals surface area (Å²) in [4.78, 5) is 5.62. The van der Waals surface area contributed by atoms with Gasteiger partial charge in [0.15, 0.2) is 5.58 Å². The van der Waals surface area contributed by atoms with Gasteiger partial charge in [0.1, 0.15) is 5.52 Å². The van der Waals surface area contributed by atoms with E-state index < -0.39 is 0 Å². The zero-order chi connectivity index (χ0) is 14.8. The molecule has 3 aromatic rings. The van der Waals surface area contributed by atoms with Crippen molar-refractivity contribution in [2.24, 2.45) is 5.73 Å². The smallest absolute Gasteiger partial charge is 0.261 e. The molecule has 108 valence electrons. The lowest BCUT2D eigenvalue weighted by Gasteiger charge is -2.09. The van der Waals surface area contributed by atoms with E-state index in [4.69, 9.17) is 10.2 Å². The third-order valence-electron chi connectivity index (χ3n) is 3.34. The van der Waals surface area contributed by atoms with E-state index in [9.17, 15) is 0 Å². The van der Waals surface area contributed by atoms with Crippen LogP contribution < -0.4 is 5.73 Å².